The van der Waals surface area contributed by atoms with Gasteiger partial charge in [0, 0.05) is 0 Å². The normalized spacial score (nSPS) is 11.5. The van der Waals surface area contributed by atoms with Gasteiger partial charge in [-0.3, -0.25) is 4.79 Å². The number of rotatable bonds is 11. The highest BCUT2D eigenvalue weighted by Crippen LogP contribution is 2.18. The fourth-order valence-electron chi connectivity index (χ4n) is 2.77. The first-order valence-corrected chi connectivity index (χ1v) is 9.88. The molecular weight excluding hydrogens is 354 g/mol. The minimum Gasteiger partial charge on any atom is -0.494 e. The highest BCUT2D eigenvalue weighted by molar-refractivity contribution is 5.91. The standard InChI is InChI=1S/C23H29NO4/c1-3-5-16-27-20-14-12-19(13-15-20)23(26)28-17-22(25)24-21(9-4-2)18-10-7-6-8-11-18/h6-8,10-15,21H,3-5,9,16-17H2,1-2H3,(H,24,25)/t21-/m0/s1. The highest BCUT2D eigenvalue weighted by atomic mass is 16.5. The molecule has 0 heterocycles. The summed E-state index contributed by atoms with van der Waals surface area (Å²) < 4.78 is 10.7. The summed E-state index contributed by atoms with van der Waals surface area (Å²) in [5, 5.41) is 2.94. The molecule has 150 valence electrons. The van der Waals surface area contributed by atoms with Gasteiger partial charge in [0.1, 0.15) is 5.75 Å². The first-order valence-electron chi connectivity index (χ1n) is 9.88. The number of unbranched alkanes of at least 4 members (excludes halogenated alkanes) is 1. The molecule has 1 N–H and O–H groups in total. The average Bonchev–Trinajstić information content (AvgIpc) is 2.73. The molecule has 0 unspecified atom stereocenters. The van der Waals surface area contributed by atoms with Crippen molar-refractivity contribution in [3.05, 3.63) is 65.7 Å². The van der Waals surface area contributed by atoms with Gasteiger partial charge in [-0.1, -0.05) is 57.0 Å². The Bertz CT molecular complexity index is 728. The first kappa shape index (κ1) is 21.5. The molecule has 2 rings (SSSR count). The van der Waals surface area contributed by atoms with Crippen molar-refractivity contribution in [1.82, 2.24) is 5.32 Å². The van der Waals surface area contributed by atoms with Crippen LogP contribution in [0.25, 0.3) is 0 Å². The van der Waals surface area contributed by atoms with E-state index in [0.29, 0.717) is 17.9 Å². The summed E-state index contributed by atoms with van der Waals surface area (Å²) in [6.07, 6.45) is 3.81. The molecule has 0 spiro atoms. The van der Waals surface area contributed by atoms with Gasteiger partial charge in [0.2, 0.25) is 0 Å². The molecular formula is C23H29NO4. The van der Waals surface area contributed by atoms with E-state index < -0.39 is 5.97 Å². The third-order valence-electron chi connectivity index (χ3n) is 4.31. The Morgan fingerprint density at radius 1 is 0.964 bits per heavy atom. The van der Waals surface area contributed by atoms with Gasteiger partial charge in [-0.2, -0.15) is 0 Å². The molecule has 0 aliphatic rings. The minimum absolute atomic E-state index is 0.0862. The van der Waals surface area contributed by atoms with Crippen LogP contribution in [0, 0.1) is 0 Å². The number of ether oxygens (including phenoxy) is 2. The zero-order valence-electron chi connectivity index (χ0n) is 16.6. The first-order chi connectivity index (χ1) is 13.6. The Morgan fingerprint density at radius 3 is 2.32 bits per heavy atom. The number of carbonyl (C=O) groups is 2. The van der Waals surface area contributed by atoms with Gasteiger partial charge in [0.15, 0.2) is 6.61 Å². The maximum Gasteiger partial charge on any atom is 0.338 e. The predicted molar refractivity (Wildman–Crippen MR) is 109 cm³/mol. The van der Waals surface area contributed by atoms with E-state index in [9.17, 15) is 9.59 Å². The molecule has 0 bridgehead atoms. The number of hydrogen-bond donors (Lipinski definition) is 1. The molecule has 0 radical (unpaired) electrons. The quantitative estimate of drug-likeness (QED) is 0.452. The average molecular weight is 383 g/mol. The lowest BCUT2D eigenvalue weighted by molar-refractivity contribution is -0.125. The summed E-state index contributed by atoms with van der Waals surface area (Å²) in [4.78, 5) is 24.4. The summed E-state index contributed by atoms with van der Waals surface area (Å²) in [5.41, 5.74) is 1.44. The Hall–Kier alpha value is -2.82. The molecule has 0 aliphatic carbocycles. The third kappa shape index (κ3) is 7.06. The largest absolute Gasteiger partial charge is 0.494 e. The number of esters is 1. The van der Waals surface area contributed by atoms with Crippen molar-refractivity contribution in [3.63, 3.8) is 0 Å². The molecule has 2 aromatic carbocycles. The van der Waals surface area contributed by atoms with E-state index in [1.54, 1.807) is 24.3 Å². The molecule has 2 aromatic rings. The topological polar surface area (TPSA) is 64.6 Å². The molecule has 0 aromatic heterocycles. The van der Waals surface area contributed by atoms with Gasteiger partial charge in [-0.15, -0.1) is 0 Å². The van der Waals surface area contributed by atoms with E-state index in [2.05, 4.69) is 19.2 Å². The number of benzene rings is 2. The van der Waals surface area contributed by atoms with Crippen LogP contribution in [-0.4, -0.2) is 25.1 Å². The van der Waals surface area contributed by atoms with Crippen LogP contribution in [0.4, 0.5) is 0 Å². The molecule has 5 nitrogen and oxygen atoms in total. The van der Waals surface area contributed by atoms with Crippen molar-refractivity contribution >= 4 is 11.9 Å². The highest BCUT2D eigenvalue weighted by Gasteiger charge is 2.15. The van der Waals surface area contributed by atoms with Crippen LogP contribution in [0.1, 0.15) is 61.5 Å². The van der Waals surface area contributed by atoms with Crippen molar-refractivity contribution in [2.24, 2.45) is 0 Å². The van der Waals surface area contributed by atoms with E-state index >= 15 is 0 Å². The fourth-order valence-corrected chi connectivity index (χ4v) is 2.77. The van der Waals surface area contributed by atoms with E-state index in [1.807, 2.05) is 30.3 Å². The van der Waals surface area contributed by atoms with Crippen LogP contribution >= 0.6 is 0 Å². The molecule has 1 amide bonds. The van der Waals surface area contributed by atoms with Crippen LogP contribution < -0.4 is 10.1 Å². The molecule has 0 saturated carbocycles. The van der Waals surface area contributed by atoms with Gasteiger partial charge < -0.3 is 14.8 Å². The predicted octanol–water partition coefficient (Wildman–Crippen LogP) is 4.68. The lowest BCUT2D eigenvalue weighted by atomic mass is 10.0. The molecule has 0 fully saturated rings. The Balaban J connectivity index is 1.83. The second-order valence-electron chi connectivity index (χ2n) is 6.62. The number of carbonyl (C=O) groups excluding carboxylic acids is 2. The van der Waals surface area contributed by atoms with Crippen LogP contribution in [0.3, 0.4) is 0 Å². The van der Waals surface area contributed by atoms with Crippen molar-refractivity contribution in [1.29, 1.82) is 0 Å². The van der Waals surface area contributed by atoms with E-state index in [-0.39, 0.29) is 18.6 Å². The Kier molecular flexibility index (Phi) is 9.05. The molecule has 5 heteroatoms. The SMILES string of the molecule is CCCCOc1ccc(C(=O)OCC(=O)N[C@@H](CCC)c2ccccc2)cc1. The Labute approximate surface area is 167 Å². The molecule has 0 saturated heterocycles. The summed E-state index contributed by atoms with van der Waals surface area (Å²) in [7, 11) is 0. The van der Waals surface area contributed by atoms with E-state index in [0.717, 1.165) is 31.2 Å². The van der Waals surface area contributed by atoms with Gasteiger partial charge in [0.05, 0.1) is 18.2 Å². The lowest BCUT2D eigenvalue weighted by Crippen LogP contribution is -2.32. The van der Waals surface area contributed by atoms with Crippen LogP contribution in [0.15, 0.2) is 54.6 Å². The summed E-state index contributed by atoms with van der Waals surface area (Å²) in [5.74, 6) is -0.120. The molecule has 1 atom stereocenters. The zero-order chi connectivity index (χ0) is 20.2. The van der Waals surface area contributed by atoms with Gasteiger partial charge in [-0.05, 0) is 42.7 Å². The van der Waals surface area contributed by atoms with Crippen LogP contribution in [0.2, 0.25) is 0 Å². The van der Waals surface area contributed by atoms with Gasteiger partial charge in [0.25, 0.3) is 5.91 Å². The van der Waals surface area contributed by atoms with Crippen LogP contribution in [-0.2, 0) is 9.53 Å². The number of nitrogens with one attached hydrogen (secondary N) is 1. The molecule has 28 heavy (non-hydrogen) atoms. The van der Waals surface area contributed by atoms with E-state index in [1.165, 1.54) is 0 Å². The minimum atomic E-state index is -0.526. The fraction of sp³-hybridized carbons (Fsp3) is 0.391. The van der Waals surface area contributed by atoms with E-state index in [4.69, 9.17) is 9.47 Å². The molecule has 0 aliphatic heterocycles. The zero-order valence-corrected chi connectivity index (χ0v) is 16.6. The monoisotopic (exact) mass is 383 g/mol. The second-order valence-corrected chi connectivity index (χ2v) is 6.62. The van der Waals surface area contributed by atoms with Crippen molar-refractivity contribution in [3.8, 4) is 5.75 Å². The lowest BCUT2D eigenvalue weighted by Gasteiger charge is -2.18. The van der Waals surface area contributed by atoms with Gasteiger partial charge >= 0.3 is 5.97 Å². The van der Waals surface area contributed by atoms with Crippen molar-refractivity contribution in [2.45, 2.75) is 45.6 Å². The Morgan fingerprint density at radius 2 is 1.68 bits per heavy atom. The summed E-state index contributed by atoms with van der Waals surface area (Å²) >= 11 is 0. The van der Waals surface area contributed by atoms with Gasteiger partial charge in [-0.25, -0.2) is 4.79 Å². The summed E-state index contributed by atoms with van der Waals surface area (Å²) in [6.45, 7) is 4.52. The van der Waals surface area contributed by atoms with Crippen molar-refractivity contribution < 1.29 is 19.1 Å². The third-order valence-corrected chi connectivity index (χ3v) is 4.31. The maximum atomic E-state index is 12.2. The summed E-state index contributed by atoms with van der Waals surface area (Å²) in [6, 6.07) is 16.5. The maximum absolute atomic E-state index is 12.2. The smallest absolute Gasteiger partial charge is 0.338 e. The number of hydrogen-bond acceptors (Lipinski definition) is 4. The number of amides is 1. The van der Waals surface area contributed by atoms with Crippen molar-refractivity contribution in [2.75, 3.05) is 13.2 Å². The second kappa shape index (κ2) is 11.8. The van der Waals surface area contributed by atoms with Crippen LogP contribution in [0.5, 0.6) is 5.75 Å².